The maximum absolute atomic E-state index is 11.7. The van der Waals surface area contributed by atoms with E-state index in [2.05, 4.69) is 5.32 Å². The number of para-hydroxylation sites is 1. The van der Waals surface area contributed by atoms with Crippen LogP contribution in [0, 0.1) is 0 Å². The van der Waals surface area contributed by atoms with E-state index in [0.717, 1.165) is 16.2 Å². The molecule has 0 unspecified atom stereocenters. The summed E-state index contributed by atoms with van der Waals surface area (Å²) in [6.07, 6.45) is 3.27. The zero-order valence-electron chi connectivity index (χ0n) is 10.6. The van der Waals surface area contributed by atoms with Crippen LogP contribution in [0.1, 0.15) is 10.4 Å². The standard InChI is InChI=1S/C15H15NO2S/c1-18-14-7-3-2-5-12(14)8-9-15(17)16-11-13-6-4-10-19-13/h2-10H,11H2,1H3,(H,16,17). The van der Waals surface area contributed by atoms with Crippen molar-refractivity contribution in [3.05, 3.63) is 58.3 Å². The van der Waals surface area contributed by atoms with E-state index in [9.17, 15) is 4.79 Å². The molecule has 1 amide bonds. The number of amides is 1. The summed E-state index contributed by atoms with van der Waals surface area (Å²) < 4.78 is 5.22. The van der Waals surface area contributed by atoms with Gasteiger partial charge in [0.15, 0.2) is 0 Å². The fraction of sp³-hybridized carbons (Fsp3) is 0.133. The molecule has 0 radical (unpaired) electrons. The van der Waals surface area contributed by atoms with Crippen LogP contribution in [0.25, 0.3) is 6.08 Å². The summed E-state index contributed by atoms with van der Waals surface area (Å²) in [6.45, 7) is 0.562. The van der Waals surface area contributed by atoms with Crippen molar-refractivity contribution in [1.82, 2.24) is 5.32 Å². The van der Waals surface area contributed by atoms with Crippen molar-refractivity contribution in [3.8, 4) is 5.75 Å². The van der Waals surface area contributed by atoms with Gasteiger partial charge in [0.1, 0.15) is 5.75 Å². The molecule has 0 saturated heterocycles. The van der Waals surface area contributed by atoms with Gasteiger partial charge in [0.2, 0.25) is 5.91 Å². The first-order valence-corrected chi connectivity index (χ1v) is 6.79. The average Bonchev–Trinajstić information content (AvgIpc) is 2.96. The lowest BCUT2D eigenvalue weighted by Gasteiger charge is -2.03. The summed E-state index contributed by atoms with van der Waals surface area (Å²) in [6, 6.07) is 11.5. The largest absolute Gasteiger partial charge is 0.496 e. The number of nitrogens with one attached hydrogen (secondary N) is 1. The molecule has 2 aromatic rings. The predicted molar refractivity (Wildman–Crippen MR) is 78.2 cm³/mol. The Hall–Kier alpha value is -2.07. The smallest absolute Gasteiger partial charge is 0.244 e. The molecule has 2 rings (SSSR count). The second kappa shape index (κ2) is 6.75. The Morgan fingerprint density at radius 1 is 1.32 bits per heavy atom. The molecule has 1 N–H and O–H groups in total. The van der Waals surface area contributed by atoms with Gasteiger partial charge >= 0.3 is 0 Å². The summed E-state index contributed by atoms with van der Waals surface area (Å²) >= 11 is 1.63. The molecule has 98 valence electrons. The summed E-state index contributed by atoms with van der Waals surface area (Å²) in [5, 5.41) is 4.83. The van der Waals surface area contributed by atoms with E-state index < -0.39 is 0 Å². The van der Waals surface area contributed by atoms with Gasteiger partial charge in [-0.1, -0.05) is 24.3 Å². The van der Waals surface area contributed by atoms with E-state index in [4.69, 9.17) is 4.74 Å². The summed E-state index contributed by atoms with van der Waals surface area (Å²) in [5.41, 5.74) is 0.885. The summed E-state index contributed by atoms with van der Waals surface area (Å²) in [7, 11) is 1.61. The molecule has 0 fully saturated rings. The van der Waals surface area contributed by atoms with E-state index in [1.807, 2.05) is 41.8 Å². The van der Waals surface area contributed by atoms with Gasteiger partial charge in [-0.15, -0.1) is 11.3 Å². The highest BCUT2D eigenvalue weighted by atomic mass is 32.1. The molecule has 1 aromatic carbocycles. The maximum Gasteiger partial charge on any atom is 0.244 e. The maximum atomic E-state index is 11.7. The topological polar surface area (TPSA) is 38.3 Å². The van der Waals surface area contributed by atoms with Crippen molar-refractivity contribution in [2.75, 3.05) is 7.11 Å². The molecular formula is C15H15NO2S. The molecule has 0 bridgehead atoms. The molecule has 3 nitrogen and oxygen atoms in total. The van der Waals surface area contributed by atoms with Crippen LogP contribution in [0.5, 0.6) is 5.75 Å². The number of thiophene rings is 1. The van der Waals surface area contributed by atoms with Crippen LogP contribution < -0.4 is 10.1 Å². The number of ether oxygens (including phenoxy) is 1. The average molecular weight is 273 g/mol. The Kier molecular flexibility index (Phi) is 4.75. The highest BCUT2D eigenvalue weighted by Crippen LogP contribution is 2.18. The van der Waals surface area contributed by atoms with Gasteiger partial charge < -0.3 is 10.1 Å². The van der Waals surface area contributed by atoms with E-state index in [1.165, 1.54) is 6.08 Å². The minimum Gasteiger partial charge on any atom is -0.496 e. The van der Waals surface area contributed by atoms with Gasteiger partial charge in [-0.2, -0.15) is 0 Å². The van der Waals surface area contributed by atoms with Crippen molar-refractivity contribution in [2.45, 2.75) is 6.54 Å². The molecule has 0 aliphatic heterocycles. The lowest BCUT2D eigenvalue weighted by atomic mass is 10.2. The van der Waals surface area contributed by atoms with E-state index in [-0.39, 0.29) is 5.91 Å². The molecule has 0 aliphatic rings. The Bertz CT molecular complexity index is 561. The molecule has 0 atom stereocenters. The van der Waals surface area contributed by atoms with Crippen LogP contribution in [0.15, 0.2) is 47.9 Å². The fourth-order valence-electron chi connectivity index (χ4n) is 1.62. The molecular weight excluding hydrogens is 258 g/mol. The zero-order chi connectivity index (χ0) is 13.5. The lowest BCUT2D eigenvalue weighted by molar-refractivity contribution is -0.116. The van der Waals surface area contributed by atoms with Gasteiger partial charge in [0.05, 0.1) is 13.7 Å². The highest BCUT2D eigenvalue weighted by molar-refractivity contribution is 7.09. The third-order valence-corrected chi connectivity index (χ3v) is 3.45. The Morgan fingerprint density at radius 3 is 2.89 bits per heavy atom. The van der Waals surface area contributed by atoms with Crippen LogP contribution in [0.2, 0.25) is 0 Å². The zero-order valence-corrected chi connectivity index (χ0v) is 11.4. The SMILES string of the molecule is COc1ccccc1C=CC(=O)NCc1cccs1. The minimum atomic E-state index is -0.112. The van der Waals surface area contributed by atoms with Gasteiger partial charge in [-0.3, -0.25) is 4.79 Å². The molecule has 1 aromatic heterocycles. The molecule has 4 heteroatoms. The van der Waals surface area contributed by atoms with Gasteiger partial charge in [0, 0.05) is 16.5 Å². The first-order chi connectivity index (χ1) is 9.29. The quantitative estimate of drug-likeness (QED) is 0.850. The van der Waals surface area contributed by atoms with Crippen LogP contribution in [-0.4, -0.2) is 13.0 Å². The van der Waals surface area contributed by atoms with E-state index >= 15 is 0 Å². The Labute approximate surface area is 116 Å². The normalized spacial score (nSPS) is 10.6. The molecule has 0 saturated carbocycles. The van der Waals surface area contributed by atoms with Crippen LogP contribution >= 0.6 is 11.3 Å². The van der Waals surface area contributed by atoms with Crippen molar-refractivity contribution in [1.29, 1.82) is 0 Å². The first-order valence-electron chi connectivity index (χ1n) is 5.91. The van der Waals surface area contributed by atoms with Crippen molar-refractivity contribution in [2.24, 2.45) is 0 Å². The number of hydrogen-bond acceptors (Lipinski definition) is 3. The number of benzene rings is 1. The Balaban J connectivity index is 1.92. The Morgan fingerprint density at radius 2 is 2.16 bits per heavy atom. The van der Waals surface area contributed by atoms with Crippen molar-refractivity contribution in [3.63, 3.8) is 0 Å². The fourth-order valence-corrected chi connectivity index (χ4v) is 2.26. The lowest BCUT2D eigenvalue weighted by Crippen LogP contribution is -2.19. The van der Waals surface area contributed by atoms with E-state index in [0.29, 0.717) is 6.54 Å². The minimum absolute atomic E-state index is 0.112. The summed E-state index contributed by atoms with van der Waals surface area (Å²) in [4.78, 5) is 12.8. The third kappa shape index (κ3) is 3.96. The monoisotopic (exact) mass is 273 g/mol. The van der Waals surface area contributed by atoms with Crippen molar-refractivity contribution >= 4 is 23.3 Å². The number of carbonyl (C=O) groups is 1. The molecule has 0 spiro atoms. The number of methoxy groups -OCH3 is 1. The van der Waals surface area contributed by atoms with E-state index in [1.54, 1.807) is 24.5 Å². The number of carbonyl (C=O) groups excluding carboxylic acids is 1. The number of hydrogen-bond donors (Lipinski definition) is 1. The highest BCUT2D eigenvalue weighted by Gasteiger charge is 2.00. The molecule has 0 aliphatic carbocycles. The first kappa shape index (κ1) is 13.4. The summed E-state index contributed by atoms with van der Waals surface area (Å²) in [5.74, 6) is 0.643. The second-order valence-corrected chi connectivity index (χ2v) is 4.90. The van der Waals surface area contributed by atoms with Gasteiger partial charge in [0.25, 0.3) is 0 Å². The van der Waals surface area contributed by atoms with Crippen LogP contribution in [-0.2, 0) is 11.3 Å². The second-order valence-electron chi connectivity index (χ2n) is 3.87. The van der Waals surface area contributed by atoms with Crippen molar-refractivity contribution < 1.29 is 9.53 Å². The molecule has 1 heterocycles. The number of rotatable bonds is 5. The van der Waals surface area contributed by atoms with Gasteiger partial charge in [-0.05, 0) is 23.6 Å². The third-order valence-electron chi connectivity index (χ3n) is 2.57. The van der Waals surface area contributed by atoms with Gasteiger partial charge in [-0.25, -0.2) is 0 Å². The molecule has 19 heavy (non-hydrogen) atoms. The predicted octanol–water partition coefficient (Wildman–Crippen LogP) is 3.09. The van der Waals surface area contributed by atoms with Crippen LogP contribution in [0.4, 0.5) is 0 Å². The van der Waals surface area contributed by atoms with Crippen LogP contribution in [0.3, 0.4) is 0 Å².